The maximum atomic E-state index is 3.43. The van der Waals surface area contributed by atoms with Gasteiger partial charge < -0.3 is 5.32 Å². The smallest absolute Gasteiger partial charge is 0.00168 e. The molecule has 0 unspecified atom stereocenters. The van der Waals surface area contributed by atoms with Crippen molar-refractivity contribution in [1.82, 2.24) is 5.32 Å². The fraction of sp³-hybridized carbons (Fsp3) is 0.778. The number of piperidine rings is 1. The Kier molecular flexibility index (Phi) is 1.76. The molecule has 56 valence electrons. The summed E-state index contributed by atoms with van der Waals surface area (Å²) in [6.45, 7) is 2.47. The van der Waals surface area contributed by atoms with E-state index in [9.17, 15) is 0 Å². The first-order valence-electron chi connectivity index (χ1n) is 4.34. The fourth-order valence-electron chi connectivity index (χ4n) is 2.10. The summed E-state index contributed by atoms with van der Waals surface area (Å²) in [4.78, 5) is 0. The van der Waals surface area contributed by atoms with Crippen LogP contribution in [-0.2, 0) is 0 Å². The average molecular weight is 137 g/mol. The van der Waals surface area contributed by atoms with Crippen molar-refractivity contribution in [3.8, 4) is 0 Å². The first kappa shape index (κ1) is 6.41. The van der Waals surface area contributed by atoms with Crippen LogP contribution in [0.3, 0.4) is 0 Å². The van der Waals surface area contributed by atoms with Gasteiger partial charge in [-0.05, 0) is 37.6 Å². The Bertz CT molecular complexity index is 140. The van der Waals surface area contributed by atoms with Crippen molar-refractivity contribution in [3.63, 3.8) is 0 Å². The van der Waals surface area contributed by atoms with Gasteiger partial charge in [0.05, 0.1) is 0 Å². The third-order valence-corrected chi connectivity index (χ3v) is 2.76. The third-order valence-electron chi connectivity index (χ3n) is 2.76. The van der Waals surface area contributed by atoms with Gasteiger partial charge in [0.25, 0.3) is 0 Å². The summed E-state index contributed by atoms with van der Waals surface area (Å²) in [6, 6.07) is 0. The molecule has 1 N–H and O–H groups in total. The van der Waals surface area contributed by atoms with Crippen molar-refractivity contribution in [3.05, 3.63) is 12.2 Å². The minimum absolute atomic E-state index is 0.863. The predicted molar refractivity (Wildman–Crippen MR) is 42.8 cm³/mol. The quantitative estimate of drug-likeness (QED) is 0.500. The second-order valence-corrected chi connectivity index (χ2v) is 3.42. The lowest BCUT2D eigenvalue weighted by molar-refractivity contribution is 0.276. The molecule has 0 saturated carbocycles. The van der Waals surface area contributed by atoms with Crippen LogP contribution in [0.5, 0.6) is 0 Å². The summed E-state index contributed by atoms with van der Waals surface area (Å²) in [5, 5.41) is 3.43. The van der Waals surface area contributed by atoms with E-state index >= 15 is 0 Å². The van der Waals surface area contributed by atoms with Crippen LogP contribution in [0.15, 0.2) is 12.2 Å². The van der Waals surface area contributed by atoms with Gasteiger partial charge in [0.1, 0.15) is 0 Å². The maximum absolute atomic E-state index is 3.43. The first-order chi connectivity index (χ1) is 4.97. The number of allylic oxidation sites excluding steroid dienone is 1. The summed E-state index contributed by atoms with van der Waals surface area (Å²) >= 11 is 0. The standard InChI is InChI=1S/C9H15N/c1-2-4-9-7-10-6-5-8(9)3-1/h2,4,8-10H,1,3,5-7H2/t8-,9-/m1/s1. The van der Waals surface area contributed by atoms with E-state index in [1.54, 1.807) is 0 Å². The van der Waals surface area contributed by atoms with E-state index in [1.165, 1.54) is 32.4 Å². The van der Waals surface area contributed by atoms with Crippen LogP contribution in [0.1, 0.15) is 19.3 Å². The van der Waals surface area contributed by atoms with Gasteiger partial charge in [-0.3, -0.25) is 0 Å². The van der Waals surface area contributed by atoms with E-state index in [-0.39, 0.29) is 0 Å². The van der Waals surface area contributed by atoms with Crippen molar-refractivity contribution >= 4 is 0 Å². The Hall–Kier alpha value is -0.300. The number of fused-ring (bicyclic) bond motifs is 1. The number of hydrogen-bond acceptors (Lipinski definition) is 1. The van der Waals surface area contributed by atoms with Crippen molar-refractivity contribution in [2.24, 2.45) is 11.8 Å². The van der Waals surface area contributed by atoms with Gasteiger partial charge in [-0.25, -0.2) is 0 Å². The highest BCUT2D eigenvalue weighted by molar-refractivity contribution is 4.99. The number of nitrogens with one attached hydrogen (secondary N) is 1. The second kappa shape index (κ2) is 2.75. The van der Waals surface area contributed by atoms with E-state index < -0.39 is 0 Å². The van der Waals surface area contributed by atoms with Crippen molar-refractivity contribution in [2.75, 3.05) is 13.1 Å². The lowest BCUT2D eigenvalue weighted by Crippen LogP contribution is -2.36. The summed E-state index contributed by atoms with van der Waals surface area (Å²) in [6.07, 6.45) is 8.90. The molecule has 2 aliphatic rings. The summed E-state index contributed by atoms with van der Waals surface area (Å²) < 4.78 is 0. The lowest BCUT2D eigenvalue weighted by atomic mass is 9.80. The van der Waals surface area contributed by atoms with Crippen molar-refractivity contribution in [1.29, 1.82) is 0 Å². The summed E-state index contributed by atoms with van der Waals surface area (Å²) in [5.41, 5.74) is 0. The van der Waals surface area contributed by atoms with Crippen LogP contribution in [0, 0.1) is 11.8 Å². The Morgan fingerprint density at radius 2 is 2.30 bits per heavy atom. The van der Waals surface area contributed by atoms with Crippen LogP contribution in [0.25, 0.3) is 0 Å². The number of rotatable bonds is 0. The zero-order chi connectivity index (χ0) is 6.81. The molecule has 1 heterocycles. The van der Waals surface area contributed by atoms with Gasteiger partial charge in [-0.1, -0.05) is 12.2 Å². The lowest BCUT2D eigenvalue weighted by Gasteiger charge is -2.32. The first-order valence-corrected chi connectivity index (χ1v) is 4.34. The zero-order valence-electron chi connectivity index (χ0n) is 6.34. The highest BCUT2D eigenvalue weighted by atomic mass is 14.9. The van der Waals surface area contributed by atoms with Gasteiger partial charge >= 0.3 is 0 Å². The second-order valence-electron chi connectivity index (χ2n) is 3.42. The molecule has 1 aliphatic carbocycles. The molecule has 1 nitrogen and oxygen atoms in total. The van der Waals surface area contributed by atoms with Crippen LogP contribution in [0.2, 0.25) is 0 Å². The Morgan fingerprint density at radius 3 is 3.20 bits per heavy atom. The molecule has 0 aromatic rings. The fourth-order valence-corrected chi connectivity index (χ4v) is 2.10. The normalized spacial score (nSPS) is 39.2. The molecule has 2 atom stereocenters. The topological polar surface area (TPSA) is 12.0 Å². The molecule has 0 aromatic heterocycles. The van der Waals surface area contributed by atoms with Crippen LogP contribution < -0.4 is 5.32 Å². The molecule has 0 amide bonds. The highest BCUT2D eigenvalue weighted by Gasteiger charge is 2.23. The highest BCUT2D eigenvalue weighted by Crippen LogP contribution is 2.28. The molecule has 2 rings (SSSR count). The van der Waals surface area contributed by atoms with E-state index in [0.717, 1.165) is 11.8 Å². The zero-order valence-corrected chi connectivity index (χ0v) is 6.34. The van der Waals surface area contributed by atoms with Crippen molar-refractivity contribution < 1.29 is 0 Å². The predicted octanol–water partition coefficient (Wildman–Crippen LogP) is 1.56. The number of hydrogen-bond donors (Lipinski definition) is 1. The molecular formula is C9H15N. The molecule has 1 fully saturated rings. The Balaban J connectivity index is 2.03. The molecule has 1 heteroatoms. The Labute approximate surface area is 62.5 Å². The third kappa shape index (κ3) is 1.10. The largest absolute Gasteiger partial charge is 0.316 e. The molecule has 10 heavy (non-hydrogen) atoms. The van der Waals surface area contributed by atoms with Gasteiger partial charge in [0.2, 0.25) is 0 Å². The monoisotopic (exact) mass is 137 g/mol. The molecule has 1 aliphatic heterocycles. The molecule has 0 radical (unpaired) electrons. The molecule has 0 bridgehead atoms. The van der Waals surface area contributed by atoms with Crippen LogP contribution >= 0.6 is 0 Å². The SMILES string of the molecule is C1=C[C@@H]2CNCC[C@H]2CC1. The van der Waals surface area contributed by atoms with E-state index in [0.29, 0.717) is 0 Å². The van der Waals surface area contributed by atoms with Gasteiger partial charge in [0, 0.05) is 6.54 Å². The van der Waals surface area contributed by atoms with E-state index in [2.05, 4.69) is 17.5 Å². The van der Waals surface area contributed by atoms with Crippen LogP contribution in [0.4, 0.5) is 0 Å². The molecule has 1 saturated heterocycles. The summed E-state index contributed by atoms with van der Waals surface area (Å²) in [5.74, 6) is 1.87. The van der Waals surface area contributed by atoms with E-state index in [4.69, 9.17) is 0 Å². The van der Waals surface area contributed by atoms with Crippen molar-refractivity contribution in [2.45, 2.75) is 19.3 Å². The van der Waals surface area contributed by atoms with Gasteiger partial charge in [0.15, 0.2) is 0 Å². The van der Waals surface area contributed by atoms with Crippen LogP contribution in [-0.4, -0.2) is 13.1 Å². The molecule has 0 aromatic carbocycles. The average Bonchev–Trinajstić information content (AvgIpc) is 2.05. The molecule has 0 spiro atoms. The Morgan fingerprint density at radius 1 is 1.30 bits per heavy atom. The summed E-state index contributed by atoms with van der Waals surface area (Å²) in [7, 11) is 0. The van der Waals surface area contributed by atoms with E-state index in [1.807, 2.05) is 0 Å². The minimum atomic E-state index is 0.863. The minimum Gasteiger partial charge on any atom is -0.316 e. The maximum Gasteiger partial charge on any atom is 0.00168 e. The molecular weight excluding hydrogens is 122 g/mol. The van der Waals surface area contributed by atoms with Gasteiger partial charge in [-0.2, -0.15) is 0 Å². The van der Waals surface area contributed by atoms with Gasteiger partial charge in [-0.15, -0.1) is 0 Å².